The molecule has 1 fully saturated rings. The van der Waals surface area contributed by atoms with E-state index in [-0.39, 0.29) is 5.69 Å². The molecular weight excluding hydrogens is 242 g/mol. The Bertz CT molecular complexity index is 456. The summed E-state index contributed by atoms with van der Waals surface area (Å²) in [7, 11) is 1.93. The van der Waals surface area contributed by atoms with Gasteiger partial charge in [0, 0.05) is 20.1 Å². The molecule has 2 rings (SSSR count). The Morgan fingerprint density at radius 1 is 1.42 bits per heavy atom. The van der Waals surface area contributed by atoms with E-state index in [0.29, 0.717) is 11.5 Å². The summed E-state index contributed by atoms with van der Waals surface area (Å²) >= 11 is 0. The van der Waals surface area contributed by atoms with Gasteiger partial charge in [-0.05, 0) is 38.1 Å². The van der Waals surface area contributed by atoms with Crippen LogP contribution in [0.1, 0.15) is 23.3 Å². The van der Waals surface area contributed by atoms with E-state index in [9.17, 15) is 4.79 Å². The van der Waals surface area contributed by atoms with Crippen LogP contribution < -0.4 is 16.4 Å². The first-order chi connectivity index (χ1) is 9.08. The minimum absolute atomic E-state index is 0.247. The van der Waals surface area contributed by atoms with Crippen LogP contribution in [0.15, 0.2) is 12.1 Å². The SMILES string of the molecule is CN(CCN1CCCC1)c1nc(C(N)=O)ccc1N. The first-order valence-electron chi connectivity index (χ1n) is 6.58. The fraction of sp³-hybridized carbons (Fsp3) is 0.538. The number of carbonyl (C=O) groups excluding carboxylic acids is 1. The van der Waals surface area contributed by atoms with Gasteiger partial charge in [0.2, 0.25) is 0 Å². The molecule has 1 aromatic heterocycles. The molecule has 0 radical (unpaired) electrons. The number of carbonyl (C=O) groups is 1. The number of hydrogen-bond donors (Lipinski definition) is 2. The molecule has 1 aromatic rings. The van der Waals surface area contributed by atoms with Crippen molar-refractivity contribution in [2.75, 3.05) is 43.9 Å². The van der Waals surface area contributed by atoms with Crippen molar-refractivity contribution in [1.29, 1.82) is 0 Å². The highest BCUT2D eigenvalue weighted by atomic mass is 16.1. The zero-order valence-corrected chi connectivity index (χ0v) is 11.3. The molecule has 6 nitrogen and oxygen atoms in total. The van der Waals surface area contributed by atoms with E-state index in [0.717, 1.165) is 26.2 Å². The Hall–Kier alpha value is -1.82. The molecule has 0 saturated carbocycles. The van der Waals surface area contributed by atoms with Crippen LogP contribution in [0.25, 0.3) is 0 Å². The number of primary amides is 1. The average Bonchev–Trinajstić information content (AvgIpc) is 2.89. The number of rotatable bonds is 5. The largest absolute Gasteiger partial charge is 0.396 e. The zero-order chi connectivity index (χ0) is 13.8. The standard InChI is InChI=1S/C13H21N5O/c1-17(8-9-18-6-2-3-7-18)13-10(14)4-5-11(16-13)12(15)19/h4-5H,2-3,6-9,14H2,1H3,(H2,15,19). The van der Waals surface area contributed by atoms with Crippen molar-refractivity contribution in [2.24, 2.45) is 5.73 Å². The van der Waals surface area contributed by atoms with Crippen LogP contribution in [-0.2, 0) is 0 Å². The molecule has 0 aliphatic carbocycles. The van der Waals surface area contributed by atoms with Gasteiger partial charge in [0.1, 0.15) is 5.69 Å². The van der Waals surface area contributed by atoms with Gasteiger partial charge < -0.3 is 21.3 Å². The maximum absolute atomic E-state index is 11.1. The van der Waals surface area contributed by atoms with Crippen LogP contribution in [0.4, 0.5) is 11.5 Å². The molecule has 2 heterocycles. The van der Waals surface area contributed by atoms with Gasteiger partial charge in [0.05, 0.1) is 5.69 Å². The summed E-state index contributed by atoms with van der Waals surface area (Å²) in [5.74, 6) is 0.0877. The van der Waals surface area contributed by atoms with E-state index in [2.05, 4.69) is 9.88 Å². The predicted octanol–water partition coefficient (Wildman–Crippen LogP) is 0.295. The molecule has 6 heteroatoms. The maximum atomic E-state index is 11.1. The predicted molar refractivity (Wildman–Crippen MR) is 76.1 cm³/mol. The molecule has 19 heavy (non-hydrogen) atoms. The van der Waals surface area contributed by atoms with Crippen molar-refractivity contribution >= 4 is 17.4 Å². The number of nitrogen functional groups attached to an aromatic ring is 1. The number of nitrogens with two attached hydrogens (primary N) is 2. The normalized spacial score (nSPS) is 15.6. The highest BCUT2D eigenvalue weighted by Crippen LogP contribution is 2.19. The van der Waals surface area contributed by atoms with Crippen molar-refractivity contribution in [3.63, 3.8) is 0 Å². The van der Waals surface area contributed by atoms with Crippen molar-refractivity contribution in [1.82, 2.24) is 9.88 Å². The van der Waals surface area contributed by atoms with Gasteiger partial charge in [-0.2, -0.15) is 0 Å². The smallest absolute Gasteiger partial charge is 0.267 e. The summed E-state index contributed by atoms with van der Waals surface area (Å²) in [5.41, 5.74) is 12.0. The highest BCUT2D eigenvalue weighted by Gasteiger charge is 2.14. The van der Waals surface area contributed by atoms with Crippen molar-refractivity contribution in [3.8, 4) is 0 Å². The lowest BCUT2D eigenvalue weighted by Crippen LogP contribution is -2.32. The van der Waals surface area contributed by atoms with Crippen LogP contribution in [0, 0.1) is 0 Å². The molecule has 0 spiro atoms. The van der Waals surface area contributed by atoms with Crippen LogP contribution in [-0.4, -0.2) is 49.0 Å². The molecule has 1 aliphatic heterocycles. The number of aromatic nitrogens is 1. The highest BCUT2D eigenvalue weighted by molar-refractivity contribution is 5.91. The van der Waals surface area contributed by atoms with E-state index in [1.165, 1.54) is 12.8 Å². The third kappa shape index (κ3) is 3.35. The van der Waals surface area contributed by atoms with Crippen LogP contribution in [0.3, 0.4) is 0 Å². The maximum Gasteiger partial charge on any atom is 0.267 e. The van der Waals surface area contributed by atoms with Gasteiger partial charge in [0.25, 0.3) is 5.91 Å². The molecule has 0 unspecified atom stereocenters. The van der Waals surface area contributed by atoms with E-state index < -0.39 is 5.91 Å². The molecule has 1 saturated heterocycles. The number of nitrogens with zero attached hydrogens (tertiary/aromatic N) is 3. The number of amides is 1. The number of pyridine rings is 1. The molecule has 4 N–H and O–H groups in total. The van der Waals surface area contributed by atoms with Crippen molar-refractivity contribution < 1.29 is 4.79 Å². The van der Waals surface area contributed by atoms with Gasteiger partial charge in [-0.3, -0.25) is 4.79 Å². The topological polar surface area (TPSA) is 88.5 Å². The van der Waals surface area contributed by atoms with E-state index in [4.69, 9.17) is 11.5 Å². The molecule has 0 bridgehead atoms. The number of hydrogen-bond acceptors (Lipinski definition) is 5. The lowest BCUT2D eigenvalue weighted by atomic mass is 10.3. The van der Waals surface area contributed by atoms with Crippen LogP contribution >= 0.6 is 0 Å². The summed E-state index contributed by atoms with van der Waals surface area (Å²) in [4.78, 5) is 19.8. The second-order valence-electron chi connectivity index (χ2n) is 4.94. The van der Waals surface area contributed by atoms with Crippen molar-refractivity contribution in [3.05, 3.63) is 17.8 Å². The lowest BCUT2D eigenvalue weighted by Gasteiger charge is -2.23. The molecule has 1 amide bonds. The van der Waals surface area contributed by atoms with E-state index in [1.807, 2.05) is 11.9 Å². The summed E-state index contributed by atoms with van der Waals surface area (Å²) in [6.07, 6.45) is 2.56. The lowest BCUT2D eigenvalue weighted by molar-refractivity contribution is 0.0995. The van der Waals surface area contributed by atoms with Crippen LogP contribution in [0.2, 0.25) is 0 Å². The first-order valence-corrected chi connectivity index (χ1v) is 6.58. The van der Waals surface area contributed by atoms with E-state index >= 15 is 0 Å². The minimum Gasteiger partial charge on any atom is -0.396 e. The Balaban J connectivity index is 2.02. The van der Waals surface area contributed by atoms with Gasteiger partial charge in [0.15, 0.2) is 5.82 Å². The third-order valence-corrected chi connectivity index (χ3v) is 3.47. The quantitative estimate of drug-likeness (QED) is 0.797. The second-order valence-corrected chi connectivity index (χ2v) is 4.94. The van der Waals surface area contributed by atoms with Crippen LogP contribution in [0.5, 0.6) is 0 Å². The number of likely N-dealkylation sites (tertiary alicyclic amines) is 1. The second kappa shape index (κ2) is 5.88. The molecule has 0 atom stereocenters. The Kier molecular flexibility index (Phi) is 4.21. The summed E-state index contributed by atoms with van der Waals surface area (Å²) < 4.78 is 0. The first kappa shape index (κ1) is 13.6. The van der Waals surface area contributed by atoms with E-state index in [1.54, 1.807) is 12.1 Å². The van der Waals surface area contributed by atoms with Gasteiger partial charge in [-0.1, -0.05) is 0 Å². The Morgan fingerprint density at radius 2 is 2.11 bits per heavy atom. The Labute approximate surface area is 113 Å². The summed E-state index contributed by atoms with van der Waals surface area (Å²) in [6.45, 7) is 4.15. The third-order valence-electron chi connectivity index (χ3n) is 3.47. The zero-order valence-electron chi connectivity index (χ0n) is 11.3. The summed E-state index contributed by atoms with van der Waals surface area (Å²) in [6, 6.07) is 3.23. The number of anilines is 2. The Morgan fingerprint density at radius 3 is 2.74 bits per heavy atom. The fourth-order valence-electron chi connectivity index (χ4n) is 2.31. The average molecular weight is 263 g/mol. The molecular formula is C13H21N5O. The number of likely N-dealkylation sites (N-methyl/N-ethyl adjacent to an activating group) is 1. The van der Waals surface area contributed by atoms with Crippen molar-refractivity contribution in [2.45, 2.75) is 12.8 Å². The molecule has 0 aromatic carbocycles. The van der Waals surface area contributed by atoms with Gasteiger partial charge in [-0.25, -0.2) is 4.98 Å². The molecule has 1 aliphatic rings. The summed E-state index contributed by atoms with van der Waals surface area (Å²) in [5, 5.41) is 0. The molecule has 104 valence electrons. The minimum atomic E-state index is -0.533. The monoisotopic (exact) mass is 263 g/mol. The van der Waals surface area contributed by atoms with Gasteiger partial charge >= 0.3 is 0 Å². The fourth-order valence-corrected chi connectivity index (χ4v) is 2.31. The van der Waals surface area contributed by atoms with Gasteiger partial charge in [-0.15, -0.1) is 0 Å².